The van der Waals surface area contributed by atoms with Crippen LogP contribution < -0.4 is 9.47 Å². The summed E-state index contributed by atoms with van der Waals surface area (Å²) in [6, 6.07) is 4.25. The Labute approximate surface area is 84.1 Å². The maximum absolute atomic E-state index is 12.0. The number of halogens is 2. The Morgan fingerprint density at radius 2 is 2.20 bits per heavy atom. The van der Waals surface area contributed by atoms with E-state index >= 15 is 0 Å². The van der Waals surface area contributed by atoms with Crippen LogP contribution >= 0.6 is 0 Å². The Hall–Kier alpha value is -1.94. The number of isocyanates is 1. The summed E-state index contributed by atoms with van der Waals surface area (Å²) in [5.41, 5.74) is -0.0512. The van der Waals surface area contributed by atoms with Gasteiger partial charge in [-0.05, 0) is 12.1 Å². The van der Waals surface area contributed by atoms with Gasteiger partial charge < -0.3 is 9.47 Å². The number of ether oxygens (including phenoxy) is 2. The fraction of sp³-hybridized carbons (Fsp3) is 0.222. The van der Waals surface area contributed by atoms with E-state index in [1.54, 1.807) is 0 Å². The number of aliphatic imine (C=N–C) groups is 1. The Balaban J connectivity index is 3.19. The van der Waals surface area contributed by atoms with Gasteiger partial charge in [-0.15, -0.1) is 0 Å². The molecule has 1 rings (SSSR count). The highest BCUT2D eigenvalue weighted by molar-refractivity contribution is 5.63. The molecule has 0 aliphatic carbocycles. The molecule has 0 fully saturated rings. The first-order chi connectivity index (χ1) is 7.19. The molecule has 1 aromatic carbocycles. The maximum Gasteiger partial charge on any atom is 0.387 e. The van der Waals surface area contributed by atoms with Crippen molar-refractivity contribution >= 4 is 11.8 Å². The normalized spacial score (nSPS) is 9.60. The molecule has 4 nitrogen and oxygen atoms in total. The number of hydrogen-bond acceptors (Lipinski definition) is 4. The number of rotatable bonds is 4. The number of nitrogens with zero attached hydrogens (tertiary/aromatic N) is 1. The van der Waals surface area contributed by atoms with Crippen molar-refractivity contribution in [3.05, 3.63) is 18.2 Å². The van der Waals surface area contributed by atoms with Crippen LogP contribution in [-0.2, 0) is 4.79 Å². The molecule has 0 saturated heterocycles. The first kappa shape index (κ1) is 11.1. The zero-order valence-corrected chi connectivity index (χ0v) is 7.74. The van der Waals surface area contributed by atoms with E-state index in [1.165, 1.54) is 31.4 Å². The van der Waals surface area contributed by atoms with Gasteiger partial charge in [-0.3, -0.25) is 0 Å². The number of methoxy groups -OCH3 is 1. The third-order valence-corrected chi connectivity index (χ3v) is 1.55. The molecule has 0 saturated carbocycles. The molecule has 6 heteroatoms. The van der Waals surface area contributed by atoms with Gasteiger partial charge in [-0.1, -0.05) is 6.07 Å². The molecule has 0 heterocycles. The van der Waals surface area contributed by atoms with Crippen molar-refractivity contribution in [3.8, 4) is 11.5 Å². The average molecular weight is 215 g/mol. The van der Waals surface area contributed by atoms with Crippen LogP contribution in [0.5, 0.6) is 11.5 Å². The number of carbonyl (C=O) groups excluding carboxylic acids is 1. The van der Waals surface area contributed by atoms with E-state index in [0.717, 1.165) is 0 Å². The first-order valence-corrected chi connectivity index (χ1v) is 3.88. The molecule has 0 unspecified atom stereocenters. The molecular formula is C9H7F2NO3. The van der Waals surface area contributed by atoms with E-state index < -0.39 is 6.61 Å². The van der Waals surface area contributed by atoms with Crippen molar-refractivity contribution in [2.45, 2.75) is 6.61 Å². The van der Waals surface area contributed by atoms with E-state index in [0.29, 0.717) is 0 Å². The number of benzene rings is 1. The largest absolute Gasteiger partial charge is 0.493 e. The molecule has 0 spiro atoms. The van der Waals surface area contributed by atoms with E-state index in [4.69, 9.17) is 4.74 Å². The van der Waals surface area contributed by atoms with Crippen LogP contribution in [0.15, 0.2) is 23.2 Å². The van der Waals surface area contributed by atoms with Gasteiger partial charge in [0.2, 0.25) is 6.08 Å². The van der Waals surface area contributed by atoms with Crippen LogP contribution in [0.25, 0.3) is 0 Å². The Morgan fingerprint density at radius 3 is 2.73 bits per heavy atom. The highest BCUT2D eigenvalue weighted by Crippen LogP contribution is 2.37. The van der Waals surface area contributed by atoms with Crippen molar-refractivity contribution in [3.63, 3.8) is 0 Å². The van der Waals surface area contributed by atoms with Crippen molar-refractivity contribution < 1.29 is 23.0 Å². The first-order valence-electron chi connectivity index (χ1n) is 3.88. The molecule has 0 bridgehead atoms. The van der Waals surface area contributed by atoms with Crippen molar-refractivity contribution in [1.29, 1.82) is 0 Å². The van der Waals surface area contributed by atoms with E-state index in [-0.39, 0.29) is 17.2 Å². The summed E-state index contributed by atoms with van der Waals surface area (Å²) in [6.45, 7) is -3.01. The summed E-state index contributed by atoms with van der Waals surface area (Å²) in [6.07, 6.45) is 1.24. The average Bonchev–Trinajstić information content (AvgIpc) is 2.20. The van der Waals surface area contributed by atoms with Gasteiger partial charge in [0.05, 0.1) is 7.11 Å². The van der Waals surface area contributed by atoms with Gasteiger partial charge in [0.25, 0.3) is 0 Å². The van der Waals surface area contributed by atoms with Crippen molar-refractivity contribution in [2.75, 3.05) is 7.11 Å². The summed E-state index contributed by atoms with van der Waals surface area (Å²) < 4.78 is 33.1. The quantitative estimate of drug-likeness (QED) is 0.571. The lowest BCUT2D eigenvalue weighted by Crippen LogP contribution is -2.03. The lowest BCUT2D eigenvalue weighted by Gasteiger charge is -2.10. The molecule has 0 aliphatic rings. The summed E-state index contributed by atoms with van der Waals surface area (Å²) in [4.78, 5) is 13.3. The lowest BCUT2D eigenvalue weighted by molar-refractivity contribution is -0.0507. The van der Waals surface area contributed by atoms with Gasteiger partial charge in [0.1, 0.15) is 5.69 Å². The summed E-state index contributed by atoms with van der Waals surface area (Å²) >= 11 is 0. The molecule has 0 N–H and O–H groups in total. The van der Waals surface area contributed by atoms with Gasteiger partial charge in [-0.2, -0.15) is 13.8 Å². The third-order valence-electron chi connectivity index (χ3n) is 1.55. The third kappa shape index (κ3) is 2.75. The second-order valence-electron chi connectivity index (χ2n) is 2.39. The molecule has 0 aliphatic heterocycles. The number of hydrogen-bond donors (Lipinski definition) is 0. The van der Waals surface area contributed by atoms with E-state index in [2.05, 4.69) is 9.73 Å². The number of alkyl halides is 2. The summed E-state index contributed by atoms with van der Waals surface area (Å²) in [7, 11) is 1.29. The molecule has 15 heavy (non-hydrogen) atoms. The van der Waals surface area contributed by atoms with Crippen LogP contribution in [0, 0.1) is 0 Å². The van der Waals surface area contributed by atoms with Gasteiger partial charge >= 0.3 is 6.61 Å². The number of para-hydroxylation sites is 1. The maximum atomic E-state index is 12.0. The Bertz CT molecular complexity index is 389. The molecule has 80 valence electrons. The summed E-state index contributed by atoms with van der Waals surface area (Å²) in [5.74, 6) is -0.204. The van der Waals surface area contributed by atoms with Crippen LogP contribution in [0.2, 0.25) is 0 Å². The zero-order chi connectivity index (χ0) is 11.3. The van der Waals surface area contributed by atoms with Crippen LogP contribution in [0.3, 0.4) is 0 Å². The highest BCUT2D eigenvalue weighted by Gasteiger charge is 2.14. The van der Waals surface area contributed by atoms with E-state index in [1.807, 2.05) is 0 Å². The Kier molecular flexibility index (Phi) is 3.76. The highest BCUT2D eigenvalue weighted by atomic mass is 19.3. The molecule has 1 aromatic rings. The Morgan fingerprint density at radius 1 is 1.47 bits per heavy atom. The topological polar surface area (TPSA) is 47.9 Å². The predicted molar refractivity (Wildman–Crippen MR) is 47.4 cm³/mol. The van der Waals surface area contributed by atoms with E-state index in [9.17, 15) is 13.6 Å². The van der Waals surface area contributed by atoms with Gasteiger partial charge in [-0.25, -0.2) is 4.79 Å². The molecule has 0 aromatic heterocycles. The smallest absolute Gasteiger partial charge is 0.387 e. The SMILES string of the molecule is COc1cccc(N=C=O)c1OC(F)F. The van der Waals surface area contributed by atoms with Crippen LogP contribution in [0.1, 0.15) is 0 Å². The fourth-order valence-electron chi connectivity index (χ4n) is 1.01. The predicted octanol–water partition coefficient (Wildman–Crippen LogP) is 2.26. The van der Waals surface area contributed by atoms with Crippen LogP contribution in [-0.4, -0.2) is 19.8 Å². The monoisotopic (exact) mass is 215 g/mol. The van der Waals surface area contributed by atoms with Gasteiger partial charge in [0.15, 0.2) is 11.5 Å². The minimum atomic E-state index is -3.01. The molecule has 0 amide bonds. The summed E-state index contributed by atoms with van der Waals surface area (Å²) in [5, 5.41) is 0. The molecule has 0 atom stereocenters. The molecule has 0 radical (unpaired) electrons. The zero-order valence-electron chi connectivity index (χ0n) is 7.74. The second kappa shape index (κ2) is 5.07. The lowest BCUT2D eigenvalue weighted by atomic mass is 10.3. The van der Waals surface area contributed by atoms with Gasteiger partial charge in [0, 0.05) is 0 Å². The minimum Gasteiger partial charge on any atom is -0.493 e. The minimum absolute atomic E-state index is 0.0512. The van der Waals surface area contributed by atoms with Crippen LogP contribution in [0.4, 0.5) is 14.5 Å². The van der Waals surface area contributed by atoms with Crippen molar-refractivity contribution in [2.24, 2.45) is 4.99 Å². The van der Waals surface area contributed by atoms with Crippen molar-refractivity contribution in [1.82, 2.24) is 0 Å². The standard InChI is InChI=1S/C9H7F2NO3/c1-14-7-4-2-3-6(12-5-13)8(7)15-9(10)11/h2-4,9H,1H3. The molecular weight excluding hydrogens is 208 g/mol. The second-order valence-corrected chi connectivity index (χ2v) is 2.39. The fourth-order valence-corrected chi connectivity index (χ4v) is 1.01.